The van der Waals surface area contributed by atoms with Crippen LogP contribution in [0.5, 0.6) is 0 Å². The summed E-state index contributed by atoms with van der Waals surface area (Å²) in [7, 11) is 0. The van der Waals surface area contributed by atoms with E-state index in [1.54, 1.807) is 12.1 Å². The molecule has 1 heterocycles. The minimum atomic E-state index is -4.48. The molecule has 0 saturated carbocycles. The molecule has 0 unspecified atom stereocenters. The highest BCUT2D eigenvalue weighted by atomic mass is 19.4. The van der Waals surface area contributed by atoms with Gasteiger partial charge in [0, 0.05) is 17.6 Å². The number of carbonyl (C=O) groups excluding carboxylic acids is 1. The Bertz CT molecular complexity index is 970. The molecule has 0 fully saturated rings. The molecule has 0 saturated heterocycles. The second-order valence-electron chi connectivity index (χ2n) is 5.92. The fourth-order valence-electron chi connectivity index (χ4n) is 2.55. The first kappa shape index (κ1) is 18.4. The van der Waals surface area contributed by atoms with Gasteiger partial charge in [0.05, 0.1) is 11.3 Å². The highest BCUT2D eigenvalue weighted by molar-refractivity contribution is 6.03. The van der Waals surface area contributed by atoms with Crippen LogP contribution in [0.2, 0.25) is 0 Å². The summed E-state index contributed by atoms with van der Waals surface area (Å²) in [6.07, 6.45) is -3.12. The van der Waals surface area contributed by atoms with Gasteiger partial charge in [-0.2, -0.15) is 13.2 Å². The number of pyridine rings is 1. The summed E-state index contributed by atoms with van der Waals surface area (Å²) in [5.41, 5.74) is 1.14. The fraction of sp³-hybridized carbons (Fsp3) is 0.100. The third-order valence-electron chi connectivity index (χ3n) is 3.78. The monoisotopic (exact) mass is 371 g/mol. The number of amides is 1. The lowest BCUT2D eigenvalue weighted by atomic mass is 10.1. The molecule has 0 bridgehead atoms. The second-order valence-corrected chi connectivity index (χ2v) is 5.92. The van der Waals surface area contributed by atoms with Gasteiger partial charge in [-0.25, -0.2) is 0 Å². The third kappa shape index (κ3) is 4.63. The highest BCUT2D eigenvalue weighted by Gasteiger charge is 2.33. The number of carbonyl (C=O) groups is 1. The van der Waals surface area contributed by atoms with E-state index in [2.05, 4.69) is 15.6 Å². The molecule has 2 N–H and O–H groups in total. The maximum atomic E-state index is 13.1. The van der Waals surface area contributed by atoms with Crippen molar-refractivity contribution in [2.45, 2.75) is 13.1 Å². The van der Waals surface area contributed by atoms with Crippen LogP contribution in [-0.4, -0.2) is 10.9 Å². The van der Waals surface area contributed by atoms with Crippen LogP contribution in [0.15, 0.2) is 66.9 Å². The Kier molecular flexibility index (Phi) is 5.12. The molecule has 3 rings (SSSR count). The second kappa shape index (κ2) is 7.49. The van der Waals surface area contributed by atoms with Crippen molar-refractivity contribution in [2.75, 3.05) is 10.6 Å². The van der Waals surface area contributed by atoms with Crippen LogP contribution in [0.1, 0.15) is 21.6 Å². The van der Waals surface area contributed by atoms with E-state index in [1.807, 2.05) is 19.1 Å². The van der Waals surface area contributed by atoms with Gasteiger partial charge in [0.1, 0.15) is 5.69 Å². The van der Waals surface area contributed by atoms with Gasteiger partial charge in [-0.05, 0) is 48.9 Å². The molecule has 0 spiro atoms. The number of aromatic nitrogens is 1. The Morgan fingerprint density at radius 3 is 2.48 bits per heavy atom. The molecule has 1 aromatic heterocycles. The van der Waals surface area contributed by atoms with Gasteiger partial charge >= 0.3 is 6.18 Å². The topological polar surface area (TPSA) is 54.0 Å². The van der Waals surface area contributed by atoms with Gasteiger partial charge in [-0.15, -0.1) is 0 Å². The van der Waals surface area contributed by atoms with Gasteiger partial charge in [0.15, 0.2) is 0 Å². The zero-order valence-electron chi connectivity index (χ0n) is 14.3. The minimum absolute atomic E-state index is 0.0889. The van der Waals surface area contributed by atoms with E-state index in [0.717, 1.165) is 11.6 Å². The molecular weight excluding hydrogens is 355 g/mol. The van der Waals surface area contributed by atoms with E-state index in [9.17, 15) is 18.0 Å². The summed E-state index contributed by atoms with van der Waals surface area (Å²) in [5.74, 6) is -0.451. The molecule has 3 aromatic rings. The molecule has 0 aliphatic carbocycles. The zero-order valence-corrected chi connectivity index (χ0v) is 14.3. The summed E-state index contributed by atoms with van der Waals surface area (Å²) in [6, 6.07) is 15.3. The number of anilines is 3. The number of halogens is 3. The Hall–Kier alpha value is -3.35. The summed E-state index contributed by atoms with van der Waals surface area (Å²) in [5, 5.41) is 5.42. The number of rotatable bonds is 4. The van der Waals surface area contributed by atoms with Gasteiger partial charge < -0.3 is 10.6 Å². The Balaban J connectivity index is 1.81. The first-order valence-corrected chi connectivity index (χ1v) is 8.10. The van der Waals surface area contributed by atoms with Crippen molar-refractivity contribution in [3.63, 3.8) is 0 Å². The Labute approximate surface area is 154 Å². The predicted octanol–water partition coefficient (Wildman–Crippen LogP) is 5.40. The first-order valence-electron chi connectivity index (χ1n) is 8.10. The lowest BCUT2D eigenvalue weighted by molar-refractivity contribution is -0.136. The zero-order chi connectivity index (χ0) is 19.4. The van der Waals surface area contributed by atoms with E-state index < -0.39 is 17.6 Å². The molecule has 27 heavy (non-hydrogen) atoms. The number of hydrogen-bond donors (Lipinski definition) is 2. The minimum Gasteiger partial charge on any atom is -0.355 e. The van der Waals surface area contributed by atoms with Crippen LogP contribution in [0.4, 0.5) is 30.2 Å². The molecule has 1 amide bonds. The number of nitrogens with zero attached hydrogens (tertiary/aromatic N) is 1. The summed E-state index contributed by atoms with van der Waals surface area (Å²) >= 11 is 0. The van der Waals surface area contributed by atoms with E-state index in [0.29, 0.717) is 11.4 Å². The number of hydrogen-bond acceptors (Lipinski definition) is 3. The van der Waals surface area contributed by atoms with Crippen molar-refractivity contribution < 1.29 is 18.0 Å². The predicted molar refractivity (Wildman–Crippen MR) is 98.1 cm³/mol. The molecule has 7 heteroatoms. The third-order valence-corrected chi connectivity index (χ3v) is 3.78. The number of para-hydroxylation sites is 1. The standard InChI is InChI=1S/C20H16F3N3O/c1-13-5-4-6-14(11-13)26-19(27)18-12-15(9-10-24-18)25-17-8-3-2-7-16(17)20(21,22)23/h2-12H,1H3,(H,24,25)(H,26,27). The lowest BCUT2D eigenvalue weighted by Gasteiger charge is -2.14. The smallest absolute Gasteiger partial charge is 0.355 e. The number of benzene rings is 2. The number of aryl methyl sites for hydroxylation is 1. The van der Waals surface area contributed by atoms with E-state index in [1.165, 1.54) is 36.5 Å². The van der Waals surface area contributed by atoms with Crippen molar-refractivity contribution in [3.05, 3.63) is 83.7 Å². The molecule has 0 aliphatic heterocycles. The molecule has 0 aliphatic rings. The maximum absolute atomic E-state index is 13.1. The van der Waals surface area contributed by atoms with E-state index in [4.69, 9.17) is 0 Å². The van der Waals surface area contributed by atoms with Crippen molar-refractivity contribution in [1.29, 1.82) is 0 Å². The molecular formula is C20H16F3N3O. The van der Waals surface area contributed by atoms with Crippen LogP contribution < -0.4 is 10.6 Å². The summed E-state index contributed by atoms with van der Waals surface area (Å²) in [6.45, 7) is 1.90. The summed E-state index contributed by atoms with van der Waals surface area (Å²) in [4.78, 5) is 16.4. The molecule has 2 aromatic carbocycles. The Morgan fingerprint density at radius 1 is 0.963 bits per heavy atom. The van der Waals surface area contributed by atoms with Crippen molar-refractivity contribution in [3.8, 4) is 0 Å². The number of nitrogens with one attached hydrogen (secondary N) is 2. The van der Waals surface area contributed by atoms with Gasteiger partial charge in [0.25, 0.3) is 5.91 Å². The van der Waals surface area contributed by atoms with E-state index >= 15 is 0 Å². The van der Waals surface area contributed by atoms with Crippen LogP contribution in [0.3, 0.4) is 0 Å². The van der Waals surface area contributed by atoms with Crippen molar-refractivity contribution >= 4 is 23.0 Å². The summed E-state index contributed by atoms with van der Waals surface area (Å²) < 4.78 is 39.4. The lowest BCUT2D eigenvalue weighted by Crippen LogP contribution is -2.14. The quantitative estimate of drug-likeness (QED) is 0.645. The van der Waals surface area contributed by atoms with Gasteiger partial charge in [-0.1, -0.05) is 24.3 Å². The van der Waals surface area contributed by atoms with Crippen molar-refractivity contribution in [2.24, 2.45) is 0 Å². The molecule has 0 radical (unpaired) electrons. The molecule has 0 atom stereocenters. The SMILES string of the molecule is Cc1cccc(NC(=O)c2cc(Nc3ccccc3C(F)(F)F)ccn2)c1. The fourth-order valence-corrected chi connectivity index (χ4v) is 2.55. The van der Waals surface area contributed by atoms with Gasteiger partial charge in [0.2, 0.25) is 0 Å². The van der Waals surface area contributed by atoms with Crippen LogP contribution >= 0.6 is 0 Å². The van der Waals surface area contributed by atoms with Gasteiger partial charge in [-0.3, -0.25) is 9.78 Å². The normalized spacial score (nSPS) is 11.1. The average molecular weight is 371 g/mol. The van der Waals surface area contributed by atoms with E-state index in [-0.39, 0.29) is 11.4 Å². The van der Waals surface area contributed by atoms with Crippen molar-refractivity contribution in [1.82, 2.24) is 4.98 Å². The van der Waals surface area contributed by atoms with Crippen LogP contribution in [-0.2, 0) is 6.18 Å². The number of alkyl halides is 3. The largest absolute Gasteiger partial charge is 0.418 e. The Morgan fingerprint density at radius 2 is 1.74 bits per heavy atom. The van der Waals surface area contributed by atoms with Crippen LogP contribution in [0, 0.1) is 6.92 Å². The van der Waals surface area contributed by atoms with Crippen LogP contribution in [0.25, 0.3) is 0 Å². The first-order chi connectivity index (χ1) is 12.8. The highest BCUT2D eigenvalue weighted by Crippen LogP contribution is 2.35. The maximum Gasteiger partial charge on any atom is 0.418 e. The average Bonchev–Trinajstić information content (AvgIpc) is 2.61. The molecule has 4 nitrogen and oxygen atoms in total. The molecule has 138 valence electrons.